The fourth-order valence-electron chi connectivity index (χ4n) is 3.17. The number of nitrogens with one attached hydrogen (secondary N) is 1. The Bertz CT molecular complexity index is 1310. The zero-order valence-electron chi connectivity index (χ0n) is 16.0. The van der Waals surface area contributed by atoms with Crippen molar-refractivity contribution in [2.75, 3.05) is 16.4 Å². The molecule has 0 fully saturated rings. The van der Waals surface area contributed by atoms with Gasteiger partial charge >= 0.3 is 0 Å². The van der Waals surface area contributed by atoms with Crippen molar-refractivity contribution >= 4 is 38.1 Å². The first-order valence-corrected chi connectivity index (χ1v) is 11.5. The lowest BCUT2D eigenvalue weighted by atomic mass is 10.2. The number of anilines is 3. The van der Waals surface area contributed by atoms with Gasteiger partial charge in [0.05, 0.1) is 11.4 Å². The van der Waals surface area contributed by atoms with E-state index in [0.29, 0.717) is 29.6 Å². The number of sulfonamides is 1. The molecule has 3 aromatic carbocycles. The lowest BCUT2D eigenvalue weighted by Crippen LogP contribution is -2.26. The third kappa shape index (κ3) is 3.66. The zero-order valence-corrected chi connectivity index (χ0v) is 17.6. The molecule has 31 heavy (non-hydrogen) atoms. The fourth-order valence-corrected chi connectivity index (χ4v) is 5.48. The lowest BCUT2D eigenvalue weighted by molar-refractivity contribution is 0.372. The second-order valence-electron chi connectivity index (χ2n) is 6.50. The maximum absolute atomic E-state index is 13.9. The second-order valence-corrected chi connectivity index (χ2v) is 9.01. The van der Waals surface area contributed by atoms with Gasteiger partial charge in [0.1, 0.15) is 28.5 Å². The van der Waals surface area contributed by atoms with Crippen LogP contribution in [0.4, 0.5) is 16.5 Å². The molecule has 0 amide bonds. The van der Waals surface area contributed by atoms with E-state index in [9.17, 15) is 8.42 Å². The van der Waals surface area contributed by atoms with E-state index >= 15 is 0 Å². The Balaban J connectivity index is 1.62. The van der Waals surface area contributed by atoms with Crippen LogP contribution in [-0.2, 0) is 10.0 Å². The summed E-state index contributed by atoms with van der Waals surface area (Å²) in [5.41, 5.74) is 1.11. The summed E-state index contributed by atoms with van der Waals surface area (Å²) >= 11 is 0.984. The predicted molar refractivity (Wildman–Crippen MR) is 118 cm³/mol. The smallest absolute Gasteiger partial charge is 0.274 e. The molecule has 0 saturated heterocycles. The average molecular weight is 453 g/mol. The summed E-state index contributed by atoms with van der Waals surface area (Å²) < 4.78 is 44.3. The quantitative estimate of drug-likeness (QED) is 0.456. The number of aromatic nitrogens is 2. The van der Waals surface area contributed by atoms with Crippen molar-refractivity contribution in [3.05, 3.63) is 79.1 Å². The summed E-state index contributed by atoms with van der Waals surface area (Å²) in [6.07, 6.45) is 1.32. The Labute approximate surface area is 182 Å². The highest BCUT2D eigenvalue weighted by molar-refractivity contribution is 7.93. The molecule has 0 aliphatic carbocycles. The monoisotopic (exact) mass is 452 g/mol. The summed E-state index contributed by atoms with van der Waals surface area (Å²) in [5, 5.41) is 3.29. The maximum atomic E-state index is 13.9. The summed E-state index contributed by atoms with van der Waals surface area (Å²) in [6, 6.07) is 20.6. The summed E-state index contributed by atoms with van der Waals surface area (Å²) in [6.45, 7) is 0.331. The number of rotatable bonds is 6. The minimum atomic E-state index is -4.10. The van der Waals surface area contributed by atoms with E-state index in [0.717, 1.165) is 15.8 Å². The predicted octanol–water partition coefficient (Wildman–Crippen LogP) is 4.62. The van der Waals surface area contributed by atoms with Crippen LogP contribution in [0.5, 0.6) is 17.2 Å². The summed E-state index contributed by atoms with van der Waals surface area (Å²) in [5.74, 6) is 1.41. The topological polar surface area (TPSA) is 93.7 Å². The van der Waals surface area contributed by atoms with Gasteiger partial charge in [-0.25, -0.2) is 17.7 Å². The van der Waals surface area contributed by atoms with Crippen LogP contribution in [0.1, 0.15) is 0 Å². The van der Waals surface area contributed by atoms with Crippen molar-refractivity contribution in [3.8, 4) is 17.2 Å². The standard InChI is InChI=1S/C21H16N4O4S2/c26-31(27,20-9-5-4-8-19(20)29-16-6-2-1-3-7-16)25(21-22-13-24-30-21)15-10-11-18-17(12-15)23-14-28-18/h1-13,23H,14H2. The highest BCUT2D eigenvalue weighted by Gasteiger charge is 2.32. The van der Waals surface area contributed by atoms with Crippen molar-refractivity contribution in [2.45, 2.75) is 4.90 Å². The van der Waals surface area contributed by atoms with Gasteiger partial charge in [-0.3, -0.25) is 0 Å². The van der Waals surface area contributed by atoms with E-state index in [4.69, 9.17) is 9.47 Å². The largest absolute Gasteiger partial charge is 0.471 e. The van der Waals surface area contributed by atoms with Crippen LogP contribution in [0.3, 0.4) is 0 Å². The van der Waals surface area contributed by atoms with Crippen molar-refractivity contribution in [3.63, 3.8) is 0 Å². The van der Waals surface area contributed by atoms with Crippen LogP contribution in [0.2, 0.25) is 0 Å². The normalized spacial score (nSPS) is 12.5. The molecule has 156 valence electrons. The van der Waals surface area contributed by atoms with Crippen LogP contribution in [0, 0.1) is 0 Å². The van der Waals surface area contributed by atoms with Crippen LogP contribution in [0.25, 0.3) is 0 Å². The number of hydrogen-bond acceptors (Lipinski definition) is 8. The first-order chi connectivity index (χ1) is 15.1. The molecule has 1 aliphatic heterocycles. The maximum Gasteiger partial charge on any atom is 0.274 e. The van der Waals surface area contributed by atoms with E-state index in [1.54, 1.807) is 48.5 Å². The Kier molecular flexibility index (Phi) is 4.92. The van der Waals surface area contributed by atoms with Gasteiger partial charge in [-0.2, -0.15) is 4.37 Å². The minimum absolute atomic E-state index is 0.0127. The van der Waals surface area contributed by atoms with Gasteiger partial charge in [-0.05, 0) is 42.5 Å². The van der Waals surface area contributed by atoms with E-state index in [1.165, 1.54) is 12.4 Å². The van der Waals surface area contributed by atoms with Crippen LogP contribution >= 0.6 is 11.5 Å². The summed E-state index contributed by atoms with van der Waals surface area (Å²) in [4.78, 5) is 4.17. The van der Waals surface area contributed by atoms with Gasteiger partial charge < -0.3 is 14.8 Å². The molecule has 2 heterocycles. The van der Waals surface area contributed by atoms with Gasteiger partial charge in [0.2, 0.25) is 5.13 Å². The van der Waals surface area contributed by atoms with Gasteiger partial charge in [0, 0.05) is 11.5 Å². The molecule has 0 bridgehead atoms. The molecule has 1 aliphatic rings. The lowest BCUT2D eigenvalue weighted by Gasteiger charge is -2.23. The Morgan fingerprint density at radius 2 is 1.84 bits per heavy atom. The van der Waals surface area contributed by atoms with Gasteiger partial charge in [-0.1, -0.05) is 30.3 Å². The van der Waals surface area contributed by atoms with E-state index in [-0.39, 0.29) is 15.8 Å². The third-order valence-corrected chi connectivity index (χ3v) is 7.07. The molecule has 0 spiro atoms. The molecule has 4 aromatic rings. The molecular weight excluding hydrogens is 436 g/mol. The molecule has 1 N–H and O–H groups in total. The molecule has 8 nitrogen and oxygen atoms in total. The first kappa shape index (κ1) is 19.3. The number of benzene rings is 3. The minimum Gasteiger partial charge on any atom is -0.471 e. The van der Waals surface area contributed by atoms with Crippen LogP contribution in [-0.4, -0.2) is 24.5 Å². The molecule has 0 radical (unpaired) electrons. The fraction of sp³-hybridized carbons (Fsp3) is 0.0476. The Morgan fingerprint density at radius 1 is 1.03 bits per heavy atom. The number of hydrogen-bond donors (Lipinski definition) is 1. The Hall–Kier alpha value is -3.63. The van der Waals surface area contributed by atoms with Crippen LogP contribution in [0.15, 0.2) is 84.0 Å². The molecule has 10 heteroatoms. The third-order valence-electron chi connectivity index (χ3n) is 4.55. The van der Waals surface area contributed by atoms with E-state index in [1.807, 2.05) is 18.2 Å². The zero-order chi connectivity index (χ0) is 21.3. The SMILES string of the molecule is O=S(=O)(c1ccccc1Oc1ccccc1)N(c1ccc2c(c1)NCO2)c1ncns1. The highest BCUT2D eigenvalue weighted by atomic mass is 32.2. The average Bonchev–Trinajstić information content (AvgIpc) is 3.47. The van der Waals surface area contributed by atoms with Crippen LogP contribution < -0.4 is 19.1 Å². The molecule has 1 aromatic heterocycles. The first-order valence-electron chi connectivity index (χ1n) is 9.27. The number of ether oxygens (including phenoxy) is 2. The molecule has 0 unspecified atom stereocenters. The van der Waals surface area contributed by atoms with E-state index < -0.39 is 10.0 Å². The Morgan fingerprint density at radius 3 is 2.65 bits per heavy atom. The molecule has 5 rings (SSSR count). The molecule has 0 saturated carbocycles. The van der Waals surface area contributed by atoms with E-state index in [2.05, 4.69) is 14.7 Å². The van der Waals surface area contributed by atoms with Gasteiger partial charge in [0.15, 0.2) is 6.73 Å². The van der Waals surface area contributed by atoms with Crippen molar-refractivity contribution in [2.24, 2.45) is 0 Å². The summed E-state index contributed by atoms with van der Waals surface area (Å²) in [7, 11) is -4.10. The number of nitrogens with zero attached hydrogens (tertiary/aromatic N) is 3. The number of para-hydroxylation sites is 2. The van der Waals surface area contributed by atoms with Gasteiger partial charge in [0.25, 0.3) is 10.0 Å². The van der Waals surface area contributed by atoms with Crippen molar-refractivity contribution in [1.29, 1.82) is 0 Å². The van der Waals surface area contributed by atoms with Gasteiger partial charge in [-0.15, -0.1) is 0 Å². The highest BCUT2D eigenvalue weighted by Crippen LogP contribution is 2.40. The van der Waals surface area contributed by atoms with Crippen molar-refractivity contribution in [1.82, 2.24) is 9.36 Å². The number of fused-ring (bicyclic) bond motifs is 1. The molecule has 0 atom stereocenters. The van der Waals surface area contributed by atoms with Crippen molar-refractivity contribution < 1.29 is 17.9 Å². The second kappa shape index (κ2) is 7.89. The molecular formula is C21H16N4O4S2.